The fourth-order valence-corrected chi connectivity index (χ4v) is 2.05. The van der Waals surface area contributed by atoms with Crippen LogP contribution in [0.3, 0.4) is 0 Å². The minimum absolute atomic E-state index is 0.284. The van der Waals surface area contributed by atoms with Crippen LogP contribution >= 0.6 is 0 Å². The number of benzene rings is 1. The van der Waals surface area contributed by atoms with Crippen LogP contribution in [0.2, 0.25) is 0 Å². The summed E-state index contributed by atoms with van der Waals surface area (Å²) in [5.74, 6) is 0.0645. The highest BCUT2D eigenvalue weighted by Gasteiger charge is 2.28. The van der Waals surface area contributed by atoms with Crippen molar-refractivity contribution in [3.8, 4) is 5.75 Å². The lowest BCUT2D eigenvalue weighted by atomic mass is 9.90. The maximum Gasteiger partial charge on any atom is 0.310 e. The summed E-state index contributed by atoms with van der Waals surface area (Å²) in [6.07, 6.45) is 0.630. The molecule has 0 fully saturated rings. The summed E-state index contributed by atoms with van der Waals surface area (Å²) < 4.78 is 10.1. The Morgan fingerprint density at radius 2 is 2.06 bits per heavy atom. The molecule has 1 aromatic carbocycles. The summed E-state index contributed by atoms with van der Waals surface area (Å²) in [5, 5.41) is 0. The third-order valence-electron chi connectivity index (χ3n) is 3.12. The van der Waals surface area contributed by atoms with Crippen LogP contribution in [-0.2, 0) is 9.53 Å². The zero-order valence-electron chi connectivity index (χ0n) is 11.4. The number of ether oxygens (including phenoxy) is 2. The molecule has 0 aliphatic heterocycles. The molecule has 0 amide bonds. The van der Waals surface area contributed by atoms with E-state index in [9.17, 15) is 4.79 Å². The lowest BCUT2D eigenvalue weighted by molar-refractivity contribution is -0.146. The smallest absolute Gasteiger partial charge is 0.310 e. The van der Waals surface area contributed by atoms with Gasteiger partial charge in [0, 0.05) is 11.6 Å². The molecule has 2 atom stereocenters. The van der Waals surface area contributed by atoms with Gasteiger partial charge in [0.25, 0.3) is 0 Å². The molecule has 1 aromatic rings. The summed E-state index contributed by atoms with van der Waals surface area (Å²) in [4.78, 5) is 11.7. The van der Waals surface area contributed by atoms with Gasteiger partial charge in [0.2, 0.25) is 0 Å². The van der Waals surface area contributed by atoms with Crippen molar-refractivity contribution < 1.29 is 14.3 Å². The predicted octanol–water partition coefficient (Wildman–Crippen LogP) is 2.20. The van der Waals surface area contributed by atoms with E-state index in [0.29, 0.717) is 12.2 Å². The van der Waals surface area contributed by atoms with Crippen LogP contribution in [0.4, 0.5) is 0 Å². The number of hydrogen-bond acceptors (Lipinski definition) is 4. The maximum absolute atomic E-state index is 11.7. The summed E-state index contributed by atoms with van der Waals surface area (Å²) in [7, 11) is 2.98. The molecule has 0 aliphatic rings. The quantitative estimate of drug-likeness (QED) is 0.815. The maximum atomic E-state index is 11.7. The number of aryl methyl sites for hydroxylation is 1. The summed E-state index contributed by atoms with van der Waals surface area (Å²) in [6.45, 7) is 3.90. The topological polar surface area (TPSA) is 61.5 Å². The monoisotopic (exact) mass is 251 g/mol. The standard InChI is InChI=1S/C14H21NO3/c1-5-10(14(16)18-4)13(15)11-8-9(2)6-7-12(11)17-3/h6-8,10,13H,5,15H2,1-4H3. The fraction of sp³-hybridized carbons (Fsp3) is 0.500. The van der Waals surface area contributed by atoms with Crippen LogP contribution in [0.25, 0.3) is 0 Å². The Kier molecular flexibility index (Phi) is 5.16. The summed E-state index contributed by atoms with van der Waals surface area (Å²) in [5.41, 5.74) is 8.12. The van der Waals surface area contributed by atoms with Crippen LogP contribution in [0.1, 0.15) is 30.5 Å². The zero-order chi connectivity index (χ0) is 13.7. The summed E-state index contributed by atoms with van der Waals surface area (Å²) >= 11 is 0. The molecule has 0 aliphatic carbocycles. The van der Waals surface area contributed by atoms with Crippen molar-refractivity contribution in [1.29, 1.82) is 0 Å². The summed E-state index contributed by atoms with van der Waals surface area (Å²) in [6, 6.07) is 5.36. The van der Waals surface area contributed by atoms with E-state index in [4.69, 9.17) is 15.2 Å². The molecule has 0 aromatic heterocycles. The van der Waals surface area contributed by atoms with E-state index >= 15 is 0 Å². The van der Waals surface area contributed by atoms with Crippen LogP contribution in [0.15, 0.2) is 18.2 Å². The largest absolute Gasteiger partial charge is 0.496 e. The fourth-order valence-electron chi connectivity index (χ4n) is 2.05. The van der Waals surface area contributed by atoms with Gasteiger partial charge < -0.3 is 15.2 Å². The molecule has 0 heterocycles. The van der Waals surface area contributed by atoms with E-state index in [-0.39, 0.29) is 11.9 Å². The van der Waals surface area contributed by atoms with Crippen LogP contribution in [0.5, 0.6) is 5.75 Å². The van der Waals surface area contributed by atoms with Crippen molar-refractivity contribution in [2.75, 3.05) is 14.2 Å². The Balaban J connectivity index is 3.11. The molecule has 0 radical (unpaired) electrons. The van der Waals surface area contributed by atoms with Crippen LogP contribution in [0, 0.1) is 12.8 Å². The van der Waals surface area contributed by atoms with Gasteiger partial charge in [-0.2, -0.15) is 0 Å². The molecular weight excluding hydrogens is 230 g/mol. The first kappa shape index (κ1) is 14.5. The molecule has 0 saturated heterocycles. The van der Waals surface area contributed by atoms with Crippen molar-refractivity contribution in [2.24, 2.45) is 11.7 Å². The highest BCUT2D eigenvalue weighted by atomic mass is 16.5. The second-order valence-corrected chi connectivity index (χ2v) is 4.31. The first-order valence-electron chi connectivity index (χ1n) is 6.03. The van der Waals surface area contributed by atoms with Crippen molar-refractivity contribution in [3.63, 3.8) is 0 Å². The van der Waals surface area contributed by atoms with Gasteiger partial charge in [0.1, 0.15) is 5.75 Å². The third-order valence-corrected chi connectivity index (χ3v) is 3.12. The molecule has 1 rings (SSSR count). The molecule has 0 spiro atoms. The molecule has 2 N–H and O–H groups in total. The second kappa shape index (κ2) is 6.40. The minimum Gasteiger partial charge on any atom is -0.496 e. The number of hydrogen-bond donors (Lipinski definition) is 1. The SMILES string of the molecule is CCC(C(=O)OC)C(N)c1cc(C)ccc1OC. The van der Waals surface area contributed by atoms with Crippen molar-refractivity contribution in [2.45, 2.75) is 26.3 Å². The number of carbonyl (C=O) groups is 1. The Morgan fingerprint density at radius 1 is 1.39 bits per heavy atom. The lowest BCUT2D eigenvalue weighted by Gasteiger charge is -2.22. The van der Waals surface area contributed by atoms with Crippen molar-refractivity contribution in [1.82, 2.24) is 0 Å². The minimum atomic E-state index is -0.419. The van der Waals surface area contributed by atoms with Gasteiger partial charge in [-0.15, -0.1) is 0 Å². The van der Waals surface area contributed by atoms with Crippen LogP contribution < -0.4 is 10.5 Å². The second-order valence-electron chi connectivity index (χ2n) is 4.31. The highest BCUT2D eigenvalue weighted by molar-refractivity contribution is 5.73. The van der Waals surface area contributed by atoms with E-state index in [0.717, 1.165) is 11.1 Å². The van der Waals surface area contributed by atoms with Gasteiger partial charge in [0.15, 0.2) is 0 Å². The zero-order valence-corrected chi connectivity index (χ0v) is 11.4. The van der Waals surface area contributed by atoms with Crippen LogP contribution in [-0.4, -0.2) is 20.2 Å². The average molecular weight is 251 g/mol. The molecule has 0 saturated carbocycles. The molecule has 0 bridgehead atoms. The average Bonchev–Trinajstić information content (AvgIpc) is 2.39. The van der Waals surface area contributed by atoms with E-state index in [2.05, 4.69) is 0 Å². The van der Waals surface area contributed by atoms with E-state index in [1.807, 2.05) is 32.0 Å². The van der Waals surface area contributed by atoms with Crippen molar-refractivity contribution >= 4 is 5.97 Å². The number of methoxy groups -OCH3 is 2. The van der Waals surface area contributed by atoms with E-state index < -0.39 is 6.04 Å². The van der Waals surface area contributed by atoms with E-state index in [1.54, 1.807) is 7.11 Å². The Morgan fingerprint density at radius 3 is 2.56 bits per heavy atom. The number of esters is 1. The first-order chi connectivity index (χ1) is 8.54. The number of carbonyl (C=O) groups excluding carboxylic acids is 1. The highest BCUT2D eigenvalue weighted by Crippen LogP contribution is 2.31. The number of rotatable bonds is 5. The number of nitrogens with two attached hydrogens (primary N) is 1. The molecule has 100 valence electrons. The lowest BCUT2D eigenvalue weighted by Crippen LogP contribution is -2.29. The Hall–Kier alpha value is -1.55. The Labute approximate surface area is 108 Å². The first-order valence-corrected chi connectivity index (χ1v) is 6.03. The van der Waals surface area contributed by atoms with Gasteiger partial charge in [0.05, 0.1) is 20.1 Å². The predicted molar refractivity (Wildman–Crippen MR) is 70.5 cm³/mol. The third kappa shape index (κ3) is 3.01. The molecule has 2 unspecified atom stereocenters. The van der Waals surface area contributed by atoms with Gasteiger partial charge in [-0.3, -0.25) is 4.79 Å². The molecule has 4 nitrogen and oxygen atoms in total. The molecule has 18 heavy (non-hydrogen) atoms. The van der Waals surface area contributed by atoms with Gasteiger partial charge in [-0.1, -0.05) is 24.6 Å². The Bertz CT molecular complexity index is 418. The normalized spacial score (nSPS) is 13.8. The van der Waals surface area contributed by atoms with Gasteiger partial charge >= 0.3 is 5.97 Å². The molecular formula is C14H21NO3. The molecule has 4 heteroatoms. The van der Waals surface area contributed by atoms with Gasteiger partial charge in [-0.25, -0.2) is 0 Å². The van der Waals surface area contributed by atoms with Crippen molar-refractivity contribution in [3.05, 3.63) is 29.3 Å². The van der Waals surface area contributed by atoms with Gasteiger partial charge in [-0.05, 0) is 19.4 Å². The van der Waals surface area contributed by atoms with E-state index in [1.165, 1.54) is 7.11 Å².